The van der Waals surface area contributed by atoms with Crippen LogP contribution in [0.1, 0.15) is 47.3 Å². The van der Waals surface area contributed by atoms with Crippen molar-refractivity contribution in [2.45, 2.75) is 38.4 Å². The third kappa shape index (κ3) is 4.68. The van der Waals surface area contributed by atoms with E-state index >= 15 is 0 Å². The van der Waals surface area contributed by atoms with Gasteiger partial charge in [-0.1, -0.05) is 18.2 Å². The standard InChI is InChI=1S/C24H28N2O6S/c1-4-32-22-12-16(8-11-21(22)31-2)20(14-33(3,29)30)25-13-17-6-5-7-19(23(17)24(25)28)26(15-27)18-9-10-18/h5-8,11-12,15,18,20H,4,9-10,13-14H2,1-3H3. The predicted molar refractivity (Wildman–Crippen MR) is 124 cm³/mol. The van der Waals surface area contributed by atoms with Gasteiger partial charge in [-0.25, -0.2) is 8.42 Å². The molecule has 2 aromatic carbocycles. The molecule has 0 saturated heterocycles. The van der Waals surface area contributed by atoms with Crippen molar-refractivity contribution in [3.05, 3.63) is 53.1 Å². The molecule has 1 unspecified atom stereocenters. The largest absolute Gasteiger partial charge is 0.493 e. The second kappa shape index (κ2) is 9.05. The van der Waals surface area contributed by atoms with Crippen LogP contribution >= 0.6 is 0 Å². The molecular formula is C24H28N2O6S. The summed E-state index contributed by atoms with van der Waals surface area (Å²) >= 11 is 0. The number of hydrogen-bond donors (Lipinski definition) is 0. The molecule has 1 fully saturated rings. The minimum atomic E-state index is -3.43. The predicted octanol–water partition coefficient (Wildman–Crippen LogP) is 2.96. The molecule has 0 aromatic heterocycles. The number of carbonyl (C=O) groups excluding carboxylic acids is 2. The van der Waals surface area contributed by atoms with Crippen LogP contribution in [0.5, 0.6) is 11.5 Å². The number of benzene rings is 2. The first-order valence-corrected chi connectivity index (χ1v) is 13.0. The van der Waals surface area contributed by atoms with E-state index in [2.05, 4.69) is 0 Å². The summed E-state index contributed by atoms with van der Waals surface area (Å²) < 4.78 is 35.7. The quantitative estimate of drug-likeness (QED) is 0.494. The molecule has 176 valence electrons. The van der Waals surface area contributed by atoms with Crippen LogP contribution in [0.25, 0.3) is 0 Å². The molecule has 2 amide bonds. The molecule has 33 heavy (non-hydrogen) atoms. The lowest BCUT2D eigenvalue weighted by Crippen LogP contribution is -2.34. The molecule has 1 atom stereocenters. The number of fused-ring (bicyclic) bond motifs is 1. The number of amides is 2. The van der Waals surface area contributed by atoms with Crippen molar-refractivity contribution < 1.29 is 27.5 Å². The first-order chi connectivity index (χ1) is 15.8. The number of anilines is 1. The highest BCUT2D eigenvalue weighted by Gasteiger charge is 2.40. The maximum atomic E-state index is 13.6. The van der Waals surface area contributed by atoms with E-state index in [4.69, 9.17) is 9.47 Å². The van der Waals surface area contributed by atoms with Crippen LogP contribution in [0.3, 0.4) is 0 Å². The average molecular weight is 473 g/mol. The average Bonchev–Trinajstić information content (AvgIpc) is 3.55. The number of rotatable bonds is 10. The lowest BCUT2D eigenvalue weighted by Gasteiger charge is -2.28. The van der Waals surface area contributed by atoms with Gasteiger partial charge in [-0.2, -0.15) is 0 Å². The van der Waals surface area contributed by atoms with E-state index in [1.807, 2.05) is 19.1 Å². The Balaban J connectivity index is 1.75. The topological polar surface area (TPSA) is 93.2 Å². The second-order valence-corrected chi connectivity index (χ2v) is 10.6. The summed E-state index contributed by atoms with van der Waals surface area (Å²) in [4.78, 5) is 28.6. The summed E-state index contributed by atoms with van der Waals surface area (Å²) in [6, 6.07) is 10.1. The van der Waals surface area contributed by atoms with Crippen LogP contribution in [0.15, 0.2) is 36.4 Å². The third-order valence-corrected chi connectivity index (χ3v) is 6.91. The molecule has 2 aliphatic rings. The Labute approximate surface area is 194 Å². The van der Waals surface area contributed by atoms with Crippen LogP contribution in [-0.4, -0.2) is 57.4 Å². The van der Waals surface area contributed by atoms with Gasteiger partial charge >= 0.3 is 0 Å². The van der Waals surface area contributed by atoms with Gasteiger partial charge in [-0.05, 0) is 49.1 Å². The van der Waals surface area contributed by atoms with Crippen LogP contribution < -0.4 is 14.4 Å². The number of sulfone groups is 1. The molecule has 1 aliphatic heterocycles. The van der Waals surface area contributed by atoms with Gasteiger partial charge in [0.15, 0.2) is 11.5 Å². The van der Waals surface area contributed by atoms with E-state index in [9.17, 15) is 18.0 Å². The lowest BCUT2D eigenvalue weighted by molar-refractivity contribution is -0.107. The molecule has 9 heteroatoms. The molecule has 0 spiro atoms. The van der Waals surface area contributed by atoms with Gasteiger partial charge in [0, 0.05) is 18.8 Å². The Morgan fingerprint density at radius 3 is 2.58 bits per heavy atom. The molecular weight excluding hydrogens is 444 g/mol. The Hall–Kier alpha value is -3.07. The van der Waals surface area contributed by atoms with Gasteiger partial charge in [0.2, 0.25) is 6.41 Å². The second-order valence-electron chi connectivity index (χ2n) is 8.44. The molecule has 1 aliphatic carbocycles. The normalized spacial score (nSPS) is 16.3. The van der Waals surface area contributed by atoms with Crippen molar-refractivity contribution >= 4 is 27.8 Å². The van der Waals surface area contributed by atoms with Gasteiger partial charge in [0.1, 0.15) is 9.84 Å². The van der Waals surface area contributed by atoms with E-state index in [-0.39, 0.29) is 24.2 Å². The molecule has 0 radical (unpaired) electrons. The fourth-order valence-corrected chi connectivity index (χ4v) is 5.29. The number of hydrogen-bond acceptors (Lipinski definition) is 6. The van der Waals surface area contributed by atoms with Crippen LogP contribution in [0.2, 0.25) is 0 Å². The first-order valence-electron chi connectivity index (χ1n) is 10.9. The summed E-state index contributed by atoms with van der Waals surface area (Å²) in [5.74, 6) is 0.500. The summed E-state index contributed by atoms with van der Waals surface area (Å²) in [5, 5.41) is 0. The number of ether oxygens (including phenoxy) is 2. The summed E-state index contributed by atoms with van der Waals surface area (Å²) in [5.41, 5.74) is 2.47. The van der Waals surface area contributed by atoms with E-state index in [0.717, 1.165) is 31.1 Å². The van der Waals surface area contributed by atoms with Crippen molar-refractivity contribution in [2.75, 3.05) is 30.6 Å². The van der Waals surface area contributed by atoms with Crippen molar-refractivity contribution in [1.29, 1.82) is 0 Å². The van der Waals surface area contributed by atoms with Gasteiger partial charge < -0.3 is 19.3 Å². The highest BCUT2D eigenvalue weighted by atomic mass is 32.2. The minimum absolute atomic E-state index is 0.109. The van der Waals surface area contributed by atoms with E-state index in [1.165, 1.54) is 7.11 Å². The smallest absolute Gasteiger partial charge is 0.257 e. The zero-order valence-corrected chi connectivity index (χ0v) is 19.8. The van der Waals surface area contributed by atoms with Gasteiger partial charge in [-0.3, -0.25) is 9.59 Å². The fourth-order valence-electron chi connectivity index (χ4n) is 4.35. The maximum Gasteiger partial charge on any atom is 0.257 e. The van der Waals surface area contributed by atoms with E-state index in [1.54, 1.807) is 34.1 Å². The number of methoxy groups -OCH3 is 1. The van der Waals surface area contributed by atoms with Gasteiger partial charge in [-0.15, -0.1) is 0 Å². The Bertz CT molecular complexity index is 1180. The zero-order valence-electron chi connectivity index (χ0n) is 19.0. The summed E-state index contributed by atoms with van der Waals surface area (Å²) in [7, 11) is -1.89. The van der Waals surface area contributed by atoms with Gasteiger partial charge in [0.25, 0.3) is 5.91 Å². The summed E-state index contributed by atoms with van der Waals surface area (Å²) in [6.45, 7) is 2.52. The van der Waals surface area contributed by atoms with Crippen molar-refractivity contribution in [3.63, 3.8) is 0 Å². The van der Waals surface area contributed by atoms with Crippen LogP contribution in [0, 0.1) is 0 Å². The van der Waals surface area contributed by atoms with Crippen molar-refractivity contribution in [3.8, 4) is 11.5 Å². The Morgan fingerprint density at radius 1 is 1.21 bits per heavy atom. The minimum Gasteiger partial charge on any atom is -0.493 e. The fraction of sp³-hybridized carbons (Fsp3) is 0.417. The van der Waals surface area contributed by atoms with E-state index in [0.29, 0.717) is 34.9 Å². The Morgan fingerprint density at radius 2 is 1.97 bits per heavy atom. The third-order valence-electron chi connectivity index (χ3n) is 5.99. The molecule has 4 rings (SSSR count). The van der Waals surface area contributed by atoms with Crippen molar-refractivity contribution in [2.24, 2.45) is 0 Å². The first kappa shape index (κ1) is 23.1. The highest BCUT2D eigenvalue weighted by molar-refractivity contribution is 7.90. The highest BCUT2D eigenvalue weighted by Crippen LogP contribution is 2.41. The molecule has 0 N–H and O–H groups in total. The maximum absolute atomic E-state index is 13.6. The summed E-state index contributed by atoms with van der Waals surface area (Å²) in [6.07, 6.45) is 3.74. The zero-order chi connectivity index (χ0) is 23.8. The SMILES string of the molecule is CCOc1cc(C(CS(C)(=O)=O)N2Cc3cccc(N(C=O)C4CC4)c3C2=O)ccc1OC. The van der Waals surface area contributed by atoms with Crippen molar-refractivity contribution in [1.82, 2.24) is 4.90 Å². The molecule has 2 aromatic rings. The molecule has 8 nitrogen and oxygen atoms in total. The van der Waals surface area contributed by atoms with Gasteiger partial charge in [0.05, 0.1) is 36.8 Å². The monoisotopic (exact) mass is 472 g/mol. The lowest BCUT2D eigenvalue weighted by atomic mass is 10.1. The van der Waals surface area contributed by atoms with Crippen LogP contribution in [-0.2, 0) is 21.2 Å². The Kier molecular flexibility index (Phi) is 6.34. The van der Waals surface area contributed by atoms with Crippen LogP contribution in [0.4, 0.5) is 5.69 Å². The van der Waals surface area contributed by atoms with E-state index < -0.39 is 15.9 Å². The molecule has 0 bridgehead atoms. The number of carbonyl (C=O) groups is 2. The number of nitrogens with zero attached hydrogens (tertiary/aromatic N) is 2. The molecule has 1 saturated carbocycles. The molecule has 1 heterocycles.